The maximum atomic E-state index is 5.45. The van der Waals surface area contributed by atoms with Crippen molar-refractivity contribution in [2.24, 2.45) is 21.5 Å². The molecule has 0 radical (unpaired) electrons. The van der Waals surface area contributed by atoms with Gasteiger partial charge in [0, 0.05) is 6.21 Å². The van der Waals surface area contributed by atoms with Gasteiger partial charge in [0.2, 0.25) is 0 Å². The van der Waals surface area contributed by atoms with Crippen LogP contribution in [-0.4, -0.2) is 31.2 Å². The molecule has 0 unspecified atom stereocenters. The Morgan fingerprint density at radius 3 is 2.18 bits per heavy atom. The number of aliphatic imine (C=N–C) groups is 2. The van der Waals surface area contributed by atoms with Gasteiger partial charge in [0.25, 0.3) is 0 Å². The van der Waals surface area contributed by atoms with E-state index >= 15 is 0 Å². The number of hydrogen-bond acceptors (Lipinski definition) is 4. The zero-order valence-corrected chi connectivity index (χ0v) is 6.53. The third-order valence-electron chi connectivity index (χ3n) is 1.85. The van der Waals surface area contributed by atoms with Crippen LogP contribution in [0, 0.1) is 0 Å². The van der Waals surface area contributed by atoms with E-state index in [0.29, 0.717) is 13.1 Å². The second-order valence-electron chi connectivity index (χ2n) is 2.70. The SMILES string of the molecule is NCCC1(CCN)C=NC=N1. The van der Waals surface area contributed by atoms with Crippen molar-refractivity contribution in [3.05, 3.63) is 0 Å². The van der Waals surface area contributed by atoms with Crippen molar-refractivity contribution < 1.29 is 0 Å². The summed E-state index contributed by atoms with van der Waals surface area (Å²) in [5.41, 5.74) is 10.7. The predicted octanol–water partition coefficient (Wildman–Crippen LogP) is -0.464. The standard InChI is InChI=1S/C7H14N4/c8-3-1-7(2-4-9)5-10-6-11-7/h5-6H,1-4,8-9H2. The molecule has 4 nitrogen and oxygen atoms in total. The van der Waals surface area contributed by atoms with E-state index in [1.807, 2.05) is 6.21 Å². The summed E-state index contributed by atoms with van der Waals surface area (Å²) in [5.74, 6) is 0. The van der Waals surface area contributed by atoms with E-state index in [0.717, 1.165) is 12.8 Å². The van der Waals surface area contributed by atoms with E-state index in [1.54, 1.807) is 6.34 Å². The van der Waals surface area contributed by atoms with Crippen LogP contribution in [0.1, 0.15) is 12.8 Å². The van der Waals surface area contributed by atoms with Gasteiger partial charge in [-0.3, -0.25) is 4.99 Å². The third kappa shape index (κ3) is 1.85. The summed E-state index contributed by atoms with van der Waals surface area (Å²) >= 11 is 0. The molecule has 0 atom stereocenters. The molecule has 0 bridgehead atoms. The summed E-state index contributed by atoms with van der Waals surface area (Å²) in [5, 5.41) is 0. The highest BCUT2D eigenvalue weighted by Crippen LogP contribution is 2.19. The normalized spacial score (nSPS) is 19.5. The van der Waals surface area contributed by atoms with Crippen LogP contribution in [0.4, 0.5) is 0 Å². The molecule has 0 aromatic heterocycles. The van der Waals surface area contributed by atoms with Gasteiger partial charge in [-0.1, -0.05) is 0 Å². The first-order valence-corrected chi connectivity index (χ1v) is 3.81. The monoisotopic (exact) mass is 154 g/mol. The second-order valence-corrected chi connectivity index (χ2v) is 2.70. The summed E-state index contributed by atoms with van der Waals surface area (Å²) in [7, 11) is 0. The fourth-order valence-corrected chi connectivity index (χ4v) is 1.24. The molecule has 0 saturated carbocycles. The van der Waals surface area contributed by atoms with Crippen molar-refractivity contribution in [3.8, 4) is 0 Å². The Morgan fingerprint density at radius 1 is 1.18 bits per heavy atom. The van der Waals surface area contributed by atoms with Crippen LogP contribution < -0.4 is 11.5 Å². The minimum absolute atomic E-state index is 0.177. The Bertz CT molecular complexity index is 153. The fourth-order valence-electron chi connectivity index (χ4n) is 1.24. The van der Waals surface area contributed by atoms with Gasteiger partial charge in [-0.05, 0) is 25.9 Å². The Kier molecular flexibility index (Phi) is 2.73. The lowest BCUT2D eigenvalue weighted by atomic mass is 9.94. The molecule has 0 spiro atoms. The fraction of sp³-hybridized carbons (Fsp3) is 0.714. The molecular formula is C7H14N4. The van der Waals surface area contributed by atoms with Gasteiger partial charge in [0.15, 0.2) is 0 Å². The molecule has 1 aliphatic heterocycles. The maximum Gasteiger partial charge on any atom is 0.110 e. The Balaban J connectivity index is 2.56. The Morgan fingerprint density at radius 2 is 1.82 bits per heavy atom. The average molecular weight is 154 g/mol. The molecule has 0 saturated heterocycles. The molecule has 11 heavy (non-hydrogen) atoms. The quantitative estimate of drug-likeness (QED) is 0.574. The first-order valence-electron chi connectivity index (χ1n) is 3.81. The number of rotatable bonds is 4. The van der Waals surface area contributed by atoms with Gasteiger partial charge in [-0.15, -0.1) is 0 Å². The van der Waals surface area contributed by atoms with Crippen LogP contribution >= 0.6 is 0 Å². The highest BCUT2D eigenvalue weighted by Gasteiger charge is 2.26. The molecule has 4 heteroatoms. The zero-order chi connectivity index (χ0) is 8.16. The lowest BCUT2D eigenvalue weighted by Crippen LogP contribution is -2.32. The van der Waals surface area contributed by atoms with Crippen molar-refractivity contribution >= 4 is 12.6 Å². The van der Waals surface area contributed by atoms with Crippen molar-refractivity contribution in [1.29, 1.82) is 0 Å². The molecule has 0 amide bonds. The number of nitrogens with zero attached hydrogens (tertiary/aromatic N) is 2. The average Bonchev–Trinajstić information content (AvgIpc) is 2.39. The molecule has 1 rings (SSSR count). The highest BCUT2D eigenvalue weighted by molar-refractivity contribution is 5.85. The molecular weight excluding hydrogens is 140 g/mol. The van der Waals surface area contributed by atoms with Crippen molar-refractivity contribution in [2.75, 3.05) is 13.1 Å². The van der Waals surface area contributed by atoms with Crippen LogP contribution in [0.25, 0.3) is 0 Å². The maximum absolute atomic E-state index is 5.45. The molecule has 0 aromatic rings. The smallest absolute Gasteiger partial charge is 0.110 e. The summed E-state index contributed by atoms with van der Waals surface area (Å²) in [4.78, 5) is 8.19. The van der Waals surface area contributed by atoms with E-state index in [9.17, 15) is 0 Å². The molecule has 0 aliphatic carbocycles. The van der Waals surface area contributed by atoms with Crippen LogP contribution in [0.3, 0.4) is 0 Å². The van der Waals surface area contributed by atoms with E-state index in [4.69, 9.17) is 11.5 Å². The molecule has 62 valence electrons. The van der Waals surface area contributed by atoms with Crippen LogP contribution in [-0.2, 0) is 0 Å². The molecule has 0 aromatic carbocycles. The lowest BCUT2D eigenvalue weighted by molar-refractivity contribution is 0.514. The molecule has 0 fully saturated rings. The predicted molar refractivity (Wildman–Crippen MR) is 47.1 cm³/mol. The minimum atomic E-state index is -0.177. The first kappa shape index (κ1) is 8.36. The van der Waals surface area contributed by atoms with Crippen molar-refractivity contribution in [2.45, 2.75) is 18.4 Å². The van der Waals surface area contributed by atoms with E-state index in [2.05, 4.69) is 9.98 Å². The van der Waals surface area contributed by atoms with E-state index < -0.39 is 0 Å². The van der Waals surface area contributed by atoms with E-state index in [1.165, 1.54) is 0 Å². The topological polar surface area (TPSA) is 76.8 Å². The Labute approximate surface area is 66.4 Å². The third-order valence-corrected chi connectivity index (χ3v) is 1.85. The van der Waals surface area contributed by atoms with Crippen LogP contribution in [0.15, 0.2) is 9.98 Å². The Hall–Kier alpha value is -0.740. The summed E-state index contributed by atoms with van der Waals surface area (Å²) in [6, 6.07) is 0. The summed E-state index contributed by atoms with van der Waals surface area (Å²) < 4.78 is 0. The summed E-state index contributed by atoms with van der Waals surface area (Å²) in [6.45, 7) is 1.26. The summed E-state index contributed by atoms with van der Waals surface area (Å²) in [6.07, 6.45) is 5.09. The molecule has 4 N–H and O–H groups in total. The van der Waals surface area contributed by atoms with Gasteiger partial charge >= 0.3 is 0 Å². The zero-order valence-electron chi connectivity index (χ0n) is 6.53. The number of nitrogens with two attached hydrogens (primary N) is 2. The van der Waals surface area contributed by atoms with Crippen LogP contribution in [0.2, 0.25) is 0 Å². The van der Waals surface area contributed by atoms with Crippen LogP contribution in [0.5, 0.6) is 0 Å². The van der Waals surface area contributed by atoms with Crippen molar-refractivity contribution in [1.82, 2.24) is 0 Å². The molecule has 1 heterocycles. The van der Waals surface area contributed by atoms with Gasteiger partial charge in [0.05, 0.1) is 5.54 Å². The minimum Gasteiger partial charge on any atom is -0.330 e. The highest BCUT2D eigenvalue weighted by atomic mass is 15.0. The van der Waals surface area contributed by atoms with Gasteiger partial charge in [0.1, 0.15) is 6.34 Å². The van der Waals surface area contributed by atoms with E-state index in [-0.39, 0.29) is 5.54 Å². The van der Waals surface area contributed by atoms with Crippen molar-refractivity contribution in [3.63, 3.8) is 0 Å². The lowest BCUT2D eigenvalue weighted by Gasteiger charge is -2.20. The largest absolute Gasteiger partial charge is 0.330 e. The van der Waals surface area contributed by atoms with Gasteiger partial charge < -0.3 is 11.5 Å². The molecule has 1 aliphatic rings. The second kappa shape index (κ2) is 3.59. The number of hydrogen-bond donors (Lipinski definition) is 2. The van der Waals surface area contributed by atoms with Gasteiger partial charge in [-0.25, -0.2) is 4.99 Å². The van der Waals surface area contributed by atoms with Gasteiger partial charge in [-0.2, -0.15) is 0 Å². The first-order chi connectivity index (χ1) is 5.33.